The van der Waals surface area contributed by atoms with Crippen LogP contribution >= 0.6 is 11.6 Å². The van der Waals surface area contributed by atoms with Crippen molar-refractivity contribution in [3.8, 4) is 34.4 Å². The van der Waals surface area contributed by atoms with Crippen LogP contribution in [0.4, 0.5) is 0 Å². The third-order valence-corrected chi connectivity index (χ3v) is 8.60. The van der Waals surface area contributed by atoms with Gasteiger partial charge in [0.25, 0.3) is 5.91 Å². The number of amides is 1. The van der Waals surface area contributed by atoms with Gasteiger partial charge in [0.1, 0.15) is 42.6 Å². The Morgan fingerprint density at radius 3 is 2.60 bits per heavy atom. The van der Waals surface area contributed by atoms with Gasteiger partial charge in [0.15, 0.2) is 6.61 Å². The highest BCUT2D eigenvalue weighted by atomic mass is 35.5. The van der Waals surface area contributed by atoms with Crippen molar-refractivity contribution in [1.29, 1.82) is 5.26 Å². The number of nitriles is 1. The molecule has 1 amide bonds. The Bertz CT molecular complexity index is 1880. The number of aliphatic hydroxyl groups is 2. The van der Waals surface area contributed by atoms with Crippen molar-refractivity contribution in [3.63, 3.8) is 0 Å². The van der Waals surface area contributed by atoms with E-state index in [0.29, 0.717) is 53.4 Å². The van der Waals surface area contributed by atoms with E-state index in [4.69, 9.17) is 25.8 Å². The van der Waals surface area contributed by atoms with Crippen LogP contribution in [-0.2, 0) is 29.3 Å². The molecule has 1 aliphatic heterocycles. The van der Waals surface area contributed by atoms with Crippen molar-refractivity contribution in [1.82, 2.24) is 15.2 Å². The lowest BCUT2D eigenvalue weighted by atomic mass is 9.96. The minimum atomic E-state index is -1.20. The minimum absolute atomic E-state index is 0.0306. The molecule has 4 N–H and O–H groups in total. The Balaban J connectivity index is 1.31. The minimum Gasteiger partial charge on any atom is -0.488 e. The van der Waals surface area contributed by atoms with Gasteiger partial charge >= 0.3 is 5.97 Å². The summed E-state index contributed by atoms with van der Waals surface area (Å²) in [5.41, 5.74) is 5.28. The van der Waals surface area contributed by atoms with E-state index in [1.54, 1.807) is 35.4 Å². The van der Waals surface area contributed by atoms with Crippen molar-refractivity contribution in [2.75, 3.05) is 26.3 Å². The van der Waals surface area contributed by atoms with Gasteiger partial charge < -0.3 is 34.4 Å². The Kier molecular flexibility index (Phi) is 12.2. The third-order valence-electron chi connectivity index (χ3n) is 8.31. The lowest BCUT2D eigenvalue weighted by Gasteiger charge is -2.18. The number of carboxylic acid groups (broad SMARTS) is 1. The second-order valence-corrected chi connectivity index (χ2v) is 12.2. The maximum absolute atomic E-state index is 12.5. The molecule has 1 aromatic heterocycles. The Morgan fingerprint density at radius 1 is 1.06 bits per heavy atom. The van der Waals surface area contributed by atoms with Gasteiger partial charge in [-0.2, -0.15) is 5.26 Å². The van der Waals surface area contributed by atoms with E-state index in [-0.39, 0.29) is 37.3 Å². The lowest BCUT2D eigenvalue weighted by Crippen LogP contribution is -2.39. The number of carbonyl (C=O) groups excluding carboxylic acids is 1. The molecule has 12 nitrogen and oxygen atoms in total. The number of aliphatic hydroxyl groups excluding tert-OH is 2. The summed E-state index contributed by atoms with van der Waals surface area (Å²) >= 11 is 6.65. The highest BCUT2D eigenvalue weighted by molar-refractivity contribution is 6.32. The van der Waals surface area contributed by atoms with E-state index in [1.807, 2.05) is 49.4 Å². The molecule has 0 aliphatic carbocycles. The largest absolute Gasteiger partial charge is 0.488 e. The van der Waals surface area contributed by atoms with E-state index < -0.39 is 24.7 Å². The second kappa shape index (κ2) is 17.0. The van der Waals surface area contributed by atoms with E-state index in [0.717, 1.165) is 22.3 Å². The number of aliphatic carboxylic acids is 1. The standard InChI is InChI=1S/C37H37ClN4O8/c1-23-27(5-3-7-31(23)26-4-2-6-30(11-26)48-22-36(45)42-9-8-29(44)18-42)21-50-35-13-34(49-20-25-10-24(14-39)15-40-16-25)28(12-32(35)38)17-41-33(19-43)37(46)47/h2-7,10-13,15-16,29,33,41,43-44H,8-9,17-22H2,1H3,(H,46,47)/t29-,33?/m0/s1. The molecular weight excluding hydrogens is 664 g/mol. The van der Waals surface area contributed by atoms with E-state index >= 15 is 0 Å². The first kappa shape index (κ1) is 36.1. The molecule has 0 radical (unpaired) electrons. The van der Waals surface area contributed by atoms with Gasteiger partial charge in [0.05, 0.1) is 23.3 Å². The van der Waals surface area contributed by atoms with Gasteiger partial charge in [-0.05, 0) is 59.9 Å². The summed E-state index contributed by atoms with van der Waals surface area (Å²) in [6.07, 6.45) is 3.11. The number of likely N-dealkylation sites (tertiary alicyclic amines) is 1. The van der Waals surface area contributed by atoms with Crippen molar-refractivity contribution in [3.05, 3.63) is 106 Å². The van der Waals surface area contributed by atoms with E-state index in [2.05, 4.69) is 10.3 Å². The number of rotatable bonds is 15. The topological polar surface area (TPSA) is 174 Å². The number of benzene rings is 3. The first-order chi connectivity index (χ1) is 24.1. The van der Waals surface area contributed by atoms with Crippen LogP contribution in [-0.4, -0.2) is 75.5 Å². The maximum Gasteiger partial charge on any atom is 0.323 e. The fourth-order valence-corrected chi connectivity index (χ4v) is 5.72. The molecule has 260 valence electrons. The van der Waals surface area contributed by atoms with Gasteiger partial charge in [-0.3, -0.25) is 19.9 Å². The number of halogens is 1. The molecule has 50 heavy (non-hydrogen) atoms. The molecule has 1 saturated heterocycles. The zero-order valence-electron chi connectivity index (χ0n) is 27.3. The number of pyridine rings is 1. The molecular formula is C37H37ClN4O8. The Morgan fingerprint density at radius 2 is 1.86 bits per heavy atom. The number of nitrogens with zero attached hydrogens (tertiary/aromatic N) is 3. The number of aromatic nitrogens is 1. The fourth-order valence-electron chi connectivity index (χ4n) is 5.48. The number of β-amino-alcohol motifs (C(OH)–C–C–N with tert-alkyl or cyclic N) is 1. The molecule has 2 atom stereocenters. The fraction of sp³-hybridized carbons (Fsp3) is 0.297. The van der Waals surface area contributed by atoms with Gasteiger partial charge in [-0.25, -0.2) is 0 Å². The molecule has 1 unspecified atom stereocenters. The van der Waals surface area contributed by atoms with Gasteiger partial charge in [0.2, 0.25) is 0 Å². The Labute approximate surface area is 294 Å². The summed E-state index contributed by atoms with van der Waals surface area (Å²) in [6.45, 7) is 2.38. The van der Waals surface area contributed by atoms with Crippen molar-refractivity contribution in [2.24, 2.45) is 0 Å². The van der Waals surface area contributed by atoms with Crippen molar-refractivity contribution in [2.45, 2.75) is 45.2 Å². The number of ether oxygens (including phenoxy) is 3. The molecule has 2 heterocycles. The summed E-state index contributed by atoms with van der Waals surface area (Å²) in [6, 6.07) is 19.1. The number of carboxylic acids is 1. The molecule has 3 aromatic carbocycles. The summed E-state index contributed by atoms with van der Waals surface area (Å²) in [4.78, 5) is 29.6. The van der Waals surface area contributed by atoms with Crippen LogP contribution in [0.25, 0.3) is 11.1 Å². The number of hydrogen-bond acceptors (Lipinski definition) is 10. The molecule has 4 aromatic rings. The SMILES string of the molecule is Cc1c(COc2cc(OCc3cncc(C#N)c3)c(CNC(CO)C(=O)O)cc2Cl)cccc1-c1cccc(OCC(=O)N2CC[C@H](O)C2)c1. The van der Waals surface area contributed by atoms with Crippen LogP contribution in [0, 0.1) is 18.3 Å². The van der Waals surface area contributed by atoms with E-state index in [9.17, 15) is 30.2 Å². The van der Waals surface area contributed by atoms with Crippen molar-refractivity contribution < 1.29 is 39.1 Å². The van der Waals surface area contributed by atoms with Crippen LogP contribution in [0.2, 0.25) is 5.02 Å². The predicted molar refractivity (Wildman–Crippen MR) is 184 cm³/mol. The van der Waals surface area contributed by atoms with Crippen LogP contribution < -0.4 is 19.5 Å². The zero-order chi connectivity index (χ0) is 35.6. The van der Waals surface area contributed by atoms with Crippen LogP contribution in [0.3, 0.4) is 0 Å². The van der Waals surface area contributed by atoms with Crippen LogP contribution in [0.15, 0.2) is 73.1 Å². The summed E-state index contributed by atoms with van der Waals surface area (Å²) in [5.74, 6) is -0.121. The third kappa shape index (κ3) is 9.28. The number of carbonyl (C=O) groups is 2. The first-order valence-electron chi connectivity index (χ1n) is 15.9. The summed E-state index contributed by atoms with van der Waals surface area (Å²) in [7, 11) is 0. The van der Waals surface area contributed by atoms with Crippen LogP contribution in [0.5, 0.6) is 17.2 Å². The Hall–Kier alpha value is -5.19. The lowest BCUT2D eigenvalue weighted by molar-refractivity contribution is -0.140. The molecule has 5 rings (SSSR count). The number of nitrogens with one attached hydrogen (secondary N) is 1. The normalized spacial score (nSPS) is 14.5. The molecule has 13 heteroatoms. The molecule has 1 fully saturated rings. The van der Waals surface area contributed by atoms with E-state index in [1.165, 1.54) is 6.20 Å². The molecule has 0 bridgehead atoms. The highest BCUT2D eigenvalue weighted by Gasteiger charge is 2.25. The second-order valence-electron chi connectivity index (χ2n) is 11.8. The highest BCUT2D eigenvalue weighted by Crippen LogP contribution is 2.35. The average molecular weight is 701 g/mol. The first-order valence-corrected chi connectivity index (χ1v) is 16.3. The van der Waals surface area contributed by atoms with Crippen molar-refractivity contribution >= 4 is 23.5 Å². The summed E-state index contributed by atoms with van der Waals surface area (Å²) in [5, 5.41) is 40.8. The quantitative estimate of drug-likeness (QED) is 0.140. The number of hydrogen-bond donors (Lipinski definition) is 4. The van der Waals surface area contributed by atoms with Gasteiger partial charge in [-0.15, -0.1) is 0 Å². The average Bonchev–Trinajstić information content (AvgIpc) is 3.56. The monoisotopic (exact) mass is 700 g/mol. The summed E-state index contributed by atoms with van der Waals surface area (Å²) < 4.78 is 18.1. The van der Waals surface area contributed by atoms with Crippen LogP contribution in [0.1, 0.15) is 34.2 Å². The molecule has 1 aliphatic rings. The zero-order valence-corrected chi connectivity index (χ0v) is 28.1. The van der Waals surface area contributed by atoms with Gasteiger partial charge in [-0.1, -0.05) is 41.9 Å². The predicted octanol–water partition coefficient (Wildman–Crippen LogP) is 4.25. The molecule has 0 spiro atoms. The maximum atomic E-state index is 12.5. The smallest absolute Gasteiger partial charge is 0.323 e. The molecule has 0 saturated carbocycles. The van der Waals surface area contributed by atoms with Gasteiger partial charge in [0, 0.05) is 49.2 Å².